The van der Waals surface area contributed by atoms with Crippen LogP contribution in [0.3, 0.4) is 0 Å². The summed E-state index contributed by atoms with van der Waals surface area (Å²) in [5.74, 6) is 0. The van der Waals surface area contributed by atoms with Gasteiger partial charge in [0, 0.05) is 18.9 Å². The Balaban J connectivity index is -0.000000174. The molecule has 25 heteroatoms. The summed E-state index contributed by atoms with van der Waals surface area (Å²) in [6, 6.07) is 0. The molecule has 0 aromatic carbocycles. The minimum atomic E-state index is -5.07. The minimum absolute atomic E-state index is 0. The Hall–Kier alpha value is 12.0. The van der Waals surface area contributed by atoms with Gasteiger partial charge in [-0.2, -0.15) is 0 Å². The normalized spacial score (nSPS) is 12.7. The second kappa shape index (κ2) is 34.4. The smallest absolute Gasteiger partial charge is 0.810 e. The average molecular weight is 759 g/mol. The average Bonchev–Trinajstić information content (AvgIpc) is 2.34. The molecule has 0 fully saturated rings. The standard InChI is InChI=1S/C10H28N2O12P4.7K/c13-25(14,15)7-11(8-26(16,17)18)5-3-1-2-4-6-12(9-27(19,20)21)10-28(22,23)24;;;;;;;/h1-10H2,(H2,13,14,15)(H2,16,17,18)(H2,19,20,21)(H2,22,23,24);;;;;;;/q;7*+1/p-7. The Labute approximate surface area is 504 Å². The van der Waals surface area contributed by atoms with Crippen LogP contribution >= 0.6 is 30.4 Å². The summed E-state index contributed by atoms with van der Waals surface area (Å²) in [6.45, 7) is -0.313. The fourth-order valence-electron chi connectivity index (χ4n) is 2.38. The van der Waals surface area contributed by atoms with Crippen LogP contribution in [0.4, 0.5) is 0 Å². The molecule has 0 aliphatic rings. The van der Waals surface area contributed by atoms with Gasteiger partial charge in [-0.25, -0.2) is 0 Å². The first-order valence-electron chi connectivity index (χ1n) is 7.87. The van der Waals surface area contributed by atoms with E-state index >= 15 is 0 Å². The summed E-state index contributed by atoms with van der Waals surface area (Å²) in [7, 11) is -20.0. The van der Waals surface area contributed by atoms with E-state index in [1.807, 2.05) is 0 Å². The zero-order chi connectivity index (χ0) is 22.2. The van der Waals surface area contributed by atoms with E-state index < -0.39 is 55.5 Å². The largest absolute Gasteiger partial charge is 1.00 e. The number of unbranched alkanes of at least 4 members (excludes halogenated alkanes) is 3. The molecule has 0 radical (unpaired) electrons. The molecular weight excluding hydrogens is 738 g/mol. The monoisotopic (exact) mass is 758 g/mol. The SMILES string of the molecule is O=P([O-])([O-])CN(CCCCCCN(CP(=O)([O-])[O-])CP(=O)([O-])O)CP(=O)([O-])[O-].[K+].[K+].[K+].[K+].[K+].[K+].[K+]. The molecule has 0 aliphatic carbocycles. The zero-order valence-corrected chi connectivity index (χ0v) is 47.1. The molecule has 0 heterocycles. The van der Waals surface area contributed by atoms with Crippen molar-refractivity contribution in [3.63, 3.8) is 0 Å². The second-order valence-corrected chi connectivity index (χ2v) is 12.3. The second-order valence-electron chi connectivity index (χ2n) is 6.24. The molecule has 1 N–H and O–H groups in total. The summed E-state index contributed by atoms with van der Waals surface area (Å²) in [5.41, 5.74) is 0. The number of nitrogens with zero attached hydrogens (tertiary/aromatic N) is 2. The third-order valence-corrected chi connectivity index (χ3v) is 6.19. The summed E-state index contributed by atoms with van der Waals surface area (Å²) >= 11 is 0. The van der Waals surface area contributed by atoms with Crippen LogP contribution in [0.25, 0.3) is 0 Å². The topological polar surface area (TPSA) is 256 Å². The summed E-state index contributed by atoms with van der Waals surface area (Å²) in [5, 5.41) is 0. The minimum Gasteiger partial charge on any atom is -0.810 e. The van der Waals surface area contributed by atoms with E-state index in [1.54, 1.807) is 0 Å². The molecule has 0 aliphatic heterocycles. The van der Waals surface area contributed by atoms with Gasteiger partial charge < -0.3 is 57.4 Å². The van der Waals surface area contributed by atoms with Gasteiger partial charge in [0.15, 0.2) is 0 Å². The fourth-order valence-corrected chi connectivity index (χ4v) is 5.64. The maximum atomic E-state index is 10.9. The van der Waals surface area contributed by atoms with Crippen LogP contribution in [-0.4, -0.2) is 52.9 Å². The maximum absolute atomic E-state index is 10.9. The maximum Gasteiger partial charge on any atom is 1.00 e. The van der Waals surface area contributed by atoms with E-state index in [2.05, 4.69) is 0 Å². The molecule has 0 spiro atoms. The van der Waals surface area contributed by atoms with E-state index in [1.165, 1.54) is 0 Å². The fraction of sp³-hybridized carbons (Fsp3) is 1.00. The Morgan fingerprint density at radius 3 is 0.886 bits per heavy atom. The Morgan fingerprint density at radius 1 is 0.457 bits per heavy atom. The molecule has 35 heavy (non-hydrogen) atoms. The van der Waals surface area contributed by atoms with Crippen LogP contribution in [0.2, 0.25) is 0 Å². The van der Waals surface area contributed by atoms with Gasteiger partial charge in [-0.3, -0.25) is 9.80 Å². The Morgan fingerprint density at radius 2 is 0.686 bits per heavy atom. The van der Waals surface area contributed by atoms with Gasteiger partial charge in [0.2, 0.25) is 0 Å². The predicted molar refractivity (Wildman–Crippen MR) is 84.0 cm³/mol. The van der Waals surface area contributed by atoms with Crippen molar-refractivity contribution in [1.82, 2.24) is 9.80 Å². The van der Waals surface area contributed by atoms with Crippen molar-refractivity contribution in [2.45, 2.75) is 25.7 Å². The molecule has 0 rings (SSSR count). The van der Waals surface area contributed by atoms with E-state index in [4.69, 9.17) is 4.89 Å². The van der Waals surface area contributed by atoms with Crippen molar-refractivity contribution in [2.75, 3.05) is 38.2 Å². The third-order valence-electron chi connectivity index (χ3n) is 3.20. The molecule has 0 amide bonds. The van der Waals surface area contributed by atoms with Gasteiger partial charge in [-0.15, -0.1) is 0 Å². The number of rotatable bonds is 15. The first-order chi connectivity index (χ1) is 12.4. The molecule has 0 aromatic heterocycles. The molecule has 0 saturated heterocycles. The van der Waals surface area contributed by atoms with Crippen LogP contribution in [0.1, 0.15) is 25.7 Å². The first kappa shape index (κ1) is 65.4. The van der Waals surface area contributed by atoms with Crippen molar-refractivity contribution >= 4 is 30.4 Å². The Kier molecular flexibility index (Phi) is 64.3. The van der Waals surface area contributed by atoms with Gasteiger partial charge in [0.1, 0.15) is 7.60 Å². The first-order valence-corrected chi connectivity index (χ1v) is 14.8. The van der Waals surface area contributed by atoms with Crippen molar-refractivity contribution in [1.29, 1.82) is 0 Å². The van der Waals surface area contributed by atoms with Gasteiger partial charge in [0.25, 0.3) is 0 Å². The van der Waals surface area contributed by atoms with Crippen molar-refractivity contribution in [3.8, 4) is 0 Å². The summed E-state index contributed by atoms with van der Waals surface area (Å²) in [6.07, 6.45) is -3.24. The van der Waals surface area contributed by atoms with E-state index in [9.17, 15) is 52.5 Å². The van der Waals surface area contributed by atoms with Gasteiger partial charge in [0.05, 0.1) is 6.29 Å². The van der Waals surface area contributed by atoms with Crippen LogP contribution in [0, 0.1) is 0 Å². The van der Waals surface area contributed by atoms with Crippen molar-refractivity contribution in [3.05, 3.63) is 0 Å². The van der Waals surface area contributed by atoms with Gasteiger partial charge in [-0.05, 0) is 25.9 Å². The summed E-state index contributed by atoms with van der Waals surface area (Å²) < 4.78 is 43.1. The van der Waals surface area contributed by atoms with Crippen molar-refractivity contribution < 1.29 is 417 Å². The van der Waals surface area contributed by atoms with Gasteiger partial charge in [-0.1, -0.05) is 35.6 Å². The molecule has 1 atom stereocenters. The van der Waals surface area contributed by atoms with Crippen LogP contribution < -0.4 is 394 Å². The quantitative estimate of drug-likeness (QED) is 0.0925. The van der Waals surface area contributed by atoms with E-state index in [-0.39, 0.29) is 386 Å². The molecule has 0 bridgehead atoms. The summed E-state index contributed by atoms with van der Waals surface area (Å²) in [4.78, 5) is 85.6. The molecule has 0 aromatic rings. The van der Waals surface area contributed by atoms with E-state index in [0.29, 0.717) is 17.7 Å². The molecule has 14 nitrogen and oxygen atoms in total. The number of hydrogen-bond donors (Lipinski definition) is 1. The van der Waals surface area contributed by atoms with Crippen LogP contribution in [0.5, 0.6) is 0 Å². The molecule has 1 unspecified atom stereocenters. The zero-order valence-electron chi connectivity index (χ0n) is 21.7. The van der Waals surface area contributed by atoms with E-state index in [0.717, 1.165) is 4.90 Å². The third kappa shape index (κ3) is 53.0. The van der Waals surface area contributed by atoms with Gasteiger partial charge >= 0.3 is 360 Å². The molecular formula is C10H21K7N2O12P4. The Bertz CT molecular complexity index is 572. The predicted octanol–water partition coefficient (Wildman–Crippen LogP) is -25.7. The van der Waals surface area contributed by atoms with Crippen LogP contribution in [-0.2, 0) is 18.3 Å². The van der Waals surface area contributed by atoms with Crippen molar-refractivity contribution in [2.24, 2.45) is 0 Å². The molecule has 0 saturated carbocycles. The number of hydrogen-bond acceptors (Lipinski definition) is 13. The molecule has 170 valence electrons. The van der Waals surface area contributed by atoms with Crippen LogP contribution in [0.15, 0.2) is 0 Å².